The summed E-state index contributed by atoms with van der Waals surface area (Å²) in [6, 6.07) is 0. The normalized spacial score (nSPS) is 14.4. The third-order valence-corrected chi connectivity index (χ3v) is 6.59. The van der Waals surface area contributed by atoms with Crippen LogP contribution in [0.2, 0.25) is 0 Å². The van der Waals surface area contributed by atoms with E-state index < -0.39 is 69.6 Å². The predicted octanol–water partition coefficient (Wildman–Crippen LogP) is 2.09. The third kappa shape index (κ3) is 16.6. The van der Waals surface area contributed by atoms with Crippen LogP contribution in [-0.4, -0.2) is 84.3 Å². The second-order valence-corrected chi connectivity index (χ2v) is 10.2. The van der Waals surface area contributed by atoms with Crippen LogP contribution in [0.3, 0.4) is 0 Å². The molecule has 216 valence electrons. The summed E-state index contributed by atoms with van der Waals surface area (Å²) in [5.74, 6) is -9.97. The Hall–Kier alpha value is -2.78. The summed E-state index contributed by atoms with van der Waals surface area (Å²) >= 11 is 0. The van der Waals surface area contributed by atoms with Crippen molar-refractivity contribution in [2.75, 3.05) is 0 Å². The maximum absolute atomic E-state index is 11.3. The molecule has 0 bridgehead atoms. The summed E-state index contributed by atoms with van der Waals surface area (Å²) in [6.45, 7) is 2.17. The van der Waals surface area contributed by atoms with Crippen LogP contribution < -0.4 is 0 Å². The van der Waals surface area contributed by atoms with Crippen molar-refractivity contribution in [3.63, 3.8) is 0 Å². The zero-order chi connectivity index (χ0) is 29.2. The minimum absolute atomic E-state index is 0.0537. The summed E-state index contributed by atoms with van der Waals surface area (Å²) < 4.78 is 28.7. The van der Waals surface area contributed by atoms with Gasteiger partial charge in [-0.3, -0.25) is 23.7 Å². The Labute approximate surface area is 215 Å². The lowest BCUT2D eigenvalue weighted by atomic mass is 9.81. The molecule has 0 aliphatic heterocycles. The fourth-order valence-corrected chi connectivity index (χ4v) is 4.07. The topological polar surface area (TPSA) is 261 Å². The van der Waals surface area contributed by atoms with Gasteiger partial charge in [-0.2, -0.15) is 8.42 Å². The number of hydrogen-bond donors (Lipinski definition) is 7. The number of carbonyl (C=O) groups is 5. The van der Waals surface area contributed by atoms with Crippen molar-refractivity contribution in [3.8, 4) is 0 Å². The highest BCUT2D eigenvalue weighted by Crippen LogP contribution is 2.28. The van der Waals surface area contributed by atoms with E-state index in [1.807, 2.05) is 0 Å². The van der Waals surface area contributed by atoms with E-state index in [9.17, 15) is 42.6 Å². The number of aliphatic carboxylic acids is 5. The molecule has 0 saturated heterocycles. The van der Waals surface area contributed by atoms with Gasteiger partial charge in [0.05, 0.1) is 18.8 Å². The van der Waals surface area contributed by atoms with Crippen molar-refractivity contribution in [3.05, 3.63) is 0 Å². The average molecular weight is 559 g/mol. The minimum Gasteiger partial charge on any atom is -0.481 e. The highest BCUT2D eigenvalue weighted by Gasteiger charge is 2.49. The Morgan fingerprint density at radius 3 is 1.41 bits per heavy atom. The summed E-state index contributed by atoms with van der Waals surface area (Å²) in [5, 5.41) is 51.0. The fourth-order valence-electron chi connectivity index (χ4n) is 3.46. The van der Waals surface area contributed by atoms with Gasteiger partial charge in [0.15, 0.2) is 10.9 Å². The molecule has 0 saturated carbocycles. The Kier molecular flexibility index (Phi) is 18.2. The van der Waals surface area contributed by atoms with Crippen molar-refractivity contribution < 1.29 is 67.6 Å². The van der Waals surface area contributed by atoms with Gasteiger partial charge in [0.2, 0.25) is 0 Å². The molecular formula is C22H38O14S. The number of hydrogen-bond acceptors (Lipinski definition) is 8. The zero-order valence-electron chi connectivity index (χ0n) is 20.7. The summed E-state index contributed by atoms with van der Waals surface area (Å²) in [5.41, 5.74) is -2.78. The van der Waals surface area contributed by atoms with Gasteiger partial charge in [-0.1, -0.05) is 71.1 Å². The minimum atomic E-state index is -4.84. The quantitative estimate of drug-likeness (QED) is 0.0833. The Morgan fingerprint density at radius 2 is 1.14 bits per heavy atom. The van der Waals surface area contributed by atoms with Gasteiger partial charge in [-0.05, 0) is 6.42 Å². The second kappa shape index (κ2) is 18.5. The highest BCUT2D eigenvalue weighted by atomic mass is 32.2. The van der Waals surface area contributed by atoms with Crippen molar-refractivity contribution in [2.45, 2.75) is 101 Å². The number of carboxylic acids is 5. The molecule has 0 aromatic heterocycles. The SMILES string of the molecule is CCCCCCCCCCCCC(C(=O)O)C(O)(CC(=O)O)C(=O)O.O=C(O)CC(C(=O)O)S(=O)(=O)O. The van der Waals surface area contributed by atoms with E-state index in [4.69, 9.17) is 25.0 Å². The smallest absolute Gasteiger partial charge is 0.337 e. The van der Waals surface area contributed by atoms with E-state index in [0.29, 0.717) is 6.42 Å². The molecule has 7 N–H and O–H groups in total. The lowest BCUT2D eigenvalue weighted by molar-refractivity contribution is -0.179. The number of unbranched alkanes of at least 4 members (excludes halogenated alkanes) is 9. The monoisotopic (exact) mass is 558 g/mol. The van der Waals surface area contributed by atoms with Crippen LogP contribution in [0.1, 0.15) is 90.4 Å². The molecule has 0 aliphatic rings. The van der Waals surface area contributed by atoms with Crippen molar-refractivity contribution in [1.82, 2.24) is 0 Å². The summed E-state index contributed by atoms with van der Waals surface area (Å²) in [4.78, 5) is 53.3. The Bertz CT molecular complexity index is 853. The third-order valence-electron chi connectivity index (χ3n) is 5.51. The van der Waals surface area contributed by atoms with Gasteiger partial charge < -0.3 is 30.6 Å². The van der Waals surface area contributed by atoms with E-state index in [1.165, 1.54) is 32.1 Å². The first-order valence-electron chi connectivity index (χ1n) is 11.8. The lowest BCUT2D eigenvalue weighted by Crippen LogP contribution is -2.50. The predicted molar refractivity (Wildman–Crippen MR) is 128 cm³/mol. The van der Waals surface area contributed by atoms with Gasteiger partial charge in [-0.15, -0.1) is 0 Å². The molecule has 0 radical (unpaired) electrons. The number of carboxylic acid groups (broad SMARTS) is 5. The lowest BCUT2D eigenvalue weighted by Gasteiger charge is -2.28. The summed E-state index contributed by atoms with van der Waals surface area (Å²) in [7, 11) is -4.84. The largest absolute Gasteiger partial charge is 0.481 e. The van der Waals surface area contributed by atoms with E-state index in [1.54, 1.807) is 0 Å². The molecule has 0 amide bonds. The molecule has 0 aromatic carbocycles. The fraction of sp³-hybridized carbons (Fsp3) is 0.773. The molecule has 0 rings (SSSR count). The first kappa shape index (κ1) is 36.4. The average Bonchev–Trinajstić information content (AvgIpc) is 2.74. The van der Waals surface area contributed by atoms with Crippen molar-refractivity contribution >= 4 is 40.0 Å². The molecule has 0 aliphatic carbocycles. The molecular weight excluding hydrogens is 520 g/mol. The molecule has 0 heterocycles. The van der Waals surface area contributed by atoms with Crippen molar-refractivity contribution in [2.24, 2.45) is 5.92 Å². The molecule has 3 unspecified atom stereocenters. The molecule has 14 nitrogen and oxygen atoms in total. The van der Waals surface area contributed by atoms with Crippen molar-refractivity contribution in [1.29, 1.82) is 0 Å². The van der Waals surface area contributed by atoms with Gasteiger partial charge in [-0.25, -0.2) is 4.79 Å². The zero-order valence-corrected chi connectivity index (χ0v) is 21.6. The maximum Gasteiger partial charge on any atom is 0.337 e. The number of aliphatic hydroxyl groups is 1. The van der Waals surface area contributed by atoms with Crippen LogP contribution in [0.25, 0.3) is 0 Å². The Balaban J connectivity index is 0. The van der Waals surface area contributed by atoms with Crippen LogP contribution in [0.15, 0.2) is 0 Å². The van der Waals surface area contributed by atoms with E-state index in [-0.39, 0.29) is 6.42 Å². The van der Waals surface area contributed by atoms with E-state index in [2.05, 4.69) is 6.92 Å². The van der Waals surface area contributed by atoms with E-state index >= 15 is 0 Å². The second-order valence-electron chi connectivity index (χ2n) is 8.60. The van der Waals surface area contributed by atoms with Crippen LogP contribution >= 0.6 is 0 Å². The van der Waals surface area contributed by atoms with Gasteiger partial charge in [0.1, 0.15) is 0 Å². The standard InChI is InChI=1S/C18H32O7.C4H6O7S/c1-2-3-4-5-6-7-8-9-10-11-12-14(16(21)22)18(25,17(23)24)13-15(19)20;5-3(6)1-2(4(7)8)12(9,10)11/h14,25H,2-13H2,1H3,(H,19,20)(H,21,22)(H,23,24);2H,1H2,(H,5,6)(H,7,8)(H,9,10,11). The maximum atomic E-state index is 11.3. The van der Waals surface area contributed by atoms with Gasteiger partial charge >= 0.3 is 29.8 Å². The molecule has 37 heavy (non-hydrogen) atoms. The molecule has 0 spiro atoms. The van der Waals surface area contributed by atoms with Gasteiger partial charge in [0, 0.05) is 0 Å². The van der Waals surface area contributed by atoms with Crippen LogP contribution in [-0.2, 0) is 34.1 Å². The van der Waals surface area contributed by atoms with Gasteiger partial charge in [0.25, 0.3) is 10.1 Å². The Morgan fingerprint density at radius 1 is 0.703 bits per heavy atom. The van der Waals surface area contributed by atoms with Crippen LogP contribution in [0, 0.1) is 5.92 Å². The summed E-state index contributed by atoms with van der Waals surface area (Å²) in [6.07, 6.45) is 8.10. The number of rotatable bonds is 20. The molecule has 0 fully saturated rings. The van der Waals surface area contributed by atoms with Crippen LogP contribution in [0.5, 0.6) is 0 Å². The van der Waals surface area contributed by atoms with Crippen LogP contribution in [0.4, 0.5) is 0 Å². The molecule has 0 aromatic rings. The van der Waals surface area contributed by atoms with E-state index in [0.717, 1.165) is 25.7 Å². The molecule has 3 atom stereocenters. The first-order valence-corrected chi connectivity index (χ1v) is 13.3. The highest BCUT2D eigenvalue weighted by molar-refractivity contribution is 7.87. The molecule has 15 heteroatoms. The first-order chi connectivity index (χ1) is 17.0.